The standard InChI is InChI=1S/C19H25ClN2O4/c20-15-12-14(13-16-18(15)26-11-5-10-25-16)19(24)21-7-6-17(23)22-8-3-1-2-4-9-22/h12-13H,1-11H2,(H,21,24). The Morgan fingerprint density at radius 2 is 1.77 bits per heavy atom. The third-order valence-corrected chi connectivity index (χ3v) is 4.93. The highest BCUT2D eigenvalue weighted by atomic mass is 35.5. The van der Waals surface area contributed by atoms with Crippen LogP contribution in [0.25, 0.3) is 0 Å². The van der Waals surface area contributed by atoms with Crippen molar-refractivity contribution in [1.29, 1.82) is 0 Å². The molecule has 2 amide bonds. The molecule has 1 N–H and O–H groups in total. The molecule has 0 spiro atoms. The number of hydrogen-bond acceptors (Lipinski definition) is 4. The molecular weight excluding hydrogens is 356 g/mol. The smallest absolute Gasteiger partial charge is 0.251 e. The van der Waals surface area contributed by atoms with Crippen molar-refractivity contribution in [3.05, 3.63) is 22.7 Å². The normalized spacial score (nSPS) is 17.2. The first-order valence-corrected chi connectivity index (χ1v) is 9.68. The minimum absolute atomic E-state index is 0.101. The lowest BCUT2D eigenvalue weighted by molar-refractivity contribution is -0.131. The summed E-state index contributed by atoms with van der Waals surface area (Å²) in [5, 5.41) is 3.15. The molecule has 1 saturated heterocycles. The zero-order chi connectivity index (χ0) is 18.4. The van der Waals surface area contributed by atoms with Gasteiger partial charge in [-0.05, 0) is 25.0 Å². The summed E-state index contributed by atoms with van der Waals surface area (Å²) < 4.78 is 11.2. The van der Waals surface area contributed by atoms with E-state index < -0.39 is 0 Å². The number of likely N-dealkylation sites (tertiary alicyclic amines) is 1. The van der Waals surface area contributed by atoms with E-state index in [-0.39, 0.29) is 11.8 Å². The number of benzene rings is 1. The van der Waals surface area contributed by atoms with Crippen molar-refractivity contribution in [2.75, 3.05) is 32.8 Å². The van der Waals surface area contributed by atoms with Crippen molar-refractivity contribution in [2.45, 2.75) is 38.5 Å². The van der Waals surface area contributed by atoms with E-state index in [9.17, 15) is 9.59 Å². The topological polar surface area (TPSA) is 67.9 Å². The van der Waals surface area contributed by atoms with E-state index in [2.05, 4.69) is 5.32 Å². The number of ether oxygens (including phenoxy) is 2. The van der Waals surface area contributed by atoms with Gasteiger partial charge in [-0.25, -0.2) is 0 Å². The van der Waals surface area contributed by atoms with E-state index >= 15 is 0 Å². The molecule has 0 saturated carbocycles. The first-order valence-electron chi connectivity index (χ1n) is 9.30. The first-order chi connectivity index (χ1) is 12.6. The van der Waals surface area contributed by atoms with E-state index in [1.165, 1.54) is 12.8 Å². The Labute approximate surface area is 158 Å². The molecule has 2 aliphatic rings. The highest BCUT2D eigenvalue weighted by Gasteiger charge is 2.19. The molecule has 2 heterocycles. The van der Waals surface area contributed by atoms with Crippen LogP contribution in [0.4, 0.5) is 0 Å². The van der Waals surface area contributed by atoms with Crippen LogP contribution < -0.4 is 14.8 Å². The van der Waals surface area contributed by atoms with Crippen molar-refractivity contribution in [1.82, 2.24) is 10.2 Å². The average molecular weight is 381 g/mol. The zero-order valence-electron chi connectivity index (χ0n) is 14.9. The molecule has 0 bridgehead atoms. The predicted molar refractivity (Wildman–Crippen MR) is 99.1 cm³/mol. The summed E-state index contributed by atoms with van der Waals surface area (Å²) in [7, 11) is 0. The molecule has 6 nitrogen and oxygen atoms in total. The minimum Gasteiger partial charge on any atom is -0.489 e. The summed E-state index contributed by atoms with van der Waals surface area (Å²) in [5.41, 5.74) is 0.404. The molecule has 0 radical (unpaired) electrons. The highest BCUT2D eigenvalue weighted by Crippen LogP contribution is 2.37. The van der Waals surface area contributed by atoms with Crippen LogP contribution in [-0.4, -0.2) is 49.6 Å². The molecule has 0 aliphatic carbocycles. The van der Waals surface area contributed by atoms with Gasteiger partial charge in [-0.15, -0.1) is 0 Å². The first kappa shape index (κ1) is 18.8. The van der Waals surface area contributed by atoms with Crippen LogP contribution in [0.5, 0.6) is 11.5 Å². The highest BCUT2D eigenvalue weighted by molar-refractivity contribution is 6.32. The molecule has 26 heavy (non-hydrogen) atoms. The van der Waals surface area contributed by atoms with E-state index in [0.717, 1.165) is 32.4 Å². The maximum absolute atomic E-state index is 12.4. The number of nitrogens with one attached hydrogen (secondary N) is 1. The lowest BCUT2D eigenvalue weighted by atomic mass is 10.2. The fourth-order valence-electron chi connectivity index (χ4n) is 3.23. The predicted octanol–water partition coefficient (Wildman–Crippen LogP) is 3.02. The van der Waals surface area contributed by atoms with Gasteiger partial charge >= 0.3 is 0 Å². The Morgan fingerprint density at radius 3 is 2.54 bits per heavy atom. The average Bonchev–Trinajstić information content (AvgIpc) is 3.04. The molecule has 1 fully saturated rings. The Hall–Kier alpha value is -1.95. The summed E-state index contributed by atoms with van der Waals surface area (Å²) in [6, 6.07) is 3.21. The maximum Gasteiger partial charge on any atom is 0.251 e. The number of hydrogen-bond donors (Lipinski definition) is 1. The van der Waals surface area contributed by atoms with Crippen LogP contribution in [0.2, 0.25) is 5.02 Å². The molecule has 142 valence electrons. The maximum atomic E-state index is 12.4. The molecular formula is C19H25ClN2O4. The van der Waals surface area contributed by atoms with Gasteiger partial charge < -0.3 is 19.7 Å². The Kier molecular flexibility index (Phi) is 6.61. The minimum atomic E-state index is -0.272. The van der Waals surface area contributed by atoms with Gasteiger partial charge in [0.15, 0.2) is 11.5 Å². The summed E-state index contributed by atoms with van der Waals surface area (Å²) in [4.78, 5) is 26.6. The fourth-order valence-corrected chi connectivity index (χ4v) is 3.49. The van der Waals surface area contributed by atoms with Crippen LogP contribution in [0.15, 0.2) is 12.1 Å². The fraction of sp³-hybridized carbons (Fsp3) is 0.579. The molecule has 3 rings (SSSR count). The molecule has 0 unspecified atom stereocenters. The van der Waals surface area contributed by atoms with Crippen LogP contribution >= 0.6 is 11.6 Å². The number of amides is 2. The number of rotatable bonds is 4. The van der Waals surface area contributed by atoms with Crippen molar-refractivity contribution in [2.24, 2.45) is 0 Å². The number of fused-ring (bicyclic) bond motifs is 1. The Bertz CT molecular complexity index is 657. The summed E-state index contributed by atoms with van der Waals surface area (Å²) in [6.07, 6.45) is 5.58. The van der Waals surface area contributed by atoms with E-state index in [1.807, 2.05) is 4.90 Å². The van der Waals surface area contributed by atoms with Crippen LogP contribution in [0, 0.1) is 0 Å². The summed E-state index contributed by atoms with van der Waals surface area (Å²) in [5.74, 6) is 0.799. The van der Waals surface area contributed by atoms with Crippen molar-refractivity contribution in [3.8, 4) is 11.5 Å². The second kappa shape index (κ2) is 9.12. The Morgan fingerprint density at radius 1 is 1.04 bits per heavy atom. The molecule has 0 atom stereocenters. The second-order valence-electron chi connectivity index (χ2n) is 6.64. The lowest BCUT2D eigenvalue weighted by Gasteiger charge is -2.20. The van der Waals surface area contributed by atoms with Crippen LogP contribution in [0.3, 0.4) is 0 Å². The van der Waals surface area contributed by atoms with Crippen LogP contribution in [0.1, 0.15) is 48.9 Å². The van der Waals surface area contributed by atoms with Gasteiger partial charge in [-0.1, -0.05) is 24.4 Å². The summed E-state index contributed by atoms with van der Waals surface area (Å²) >= 11 is 6.22. The van der Waals surface area contributed by atoms with Gasteiger partial charge in [-0.2, -0.15) is 0 Å². The van der Waals surface area contributed by atoms with Gasteiger partial charge in [0, 0.05) is 38.0 Å². The van der Waals surface area contributed by atoms with Crippen molar-refractivity contribution >= 4 is 23.4 Å². The lowest BCUT2D eigenvalue weighted by Crippen LogP contribution is -2.35. The number of carbonyl (C=O) groups excluding carboxylic acids is 2. The SMILES string of the molecule is O=C(NCCC(=O)N1CCCCCC1)c1cc(Cl)c2c(c1)OCCCO2. The van der Waals surface area contributed by atoms with Gasteiger partial charge in [0.1, 0.15) is 0 Å². The van der Waals surface area contributed by atoms with Crippen LogP contribution in [-0.2, 0) is 4.79 Å². The van der Waals surface area contributed by atoms with Crippen molar-refractivity contribution in [3.63, 3.8) is 0 Å². The van der Waals surface area contributed by atoms with Crippen molar-refractivity contribution < 1.29 is 19.1 Å². The molecule has 2 aliphatic heterocycles. The molecule has 1 aromatic carbocycles. The Balaban J connectivity index is 1.54. The third kappa shape index (κ3) is 4.81. The number of carbonyl (C=O) groups is 2. The number of halogens is 1. The number of nitrogens with zero attached hydrogens (tertiary/aromatic N) is 1. The van der Waals surface area contributed by atoms with E-state index in [4.69, 9.17) is 21.1 Å². The molecule has 1 aromatic rings. The van der Waals surface area contributed by atoms with Gasteiger partial charge in [0.25, 0.3) is 5.91 Å². The second-order valence-corrected chi connectivity index (χ2v) is 7.04. The molecule has 0 aromatic heterocycles. The van der Waals surface area contributed by atoms with Gasteiger partial charge in [0.2, 0.25) is 5.91 Å². The van der Waals surface area contributed by atoms with Gasteiger partial charge in [0.05, 0.1) is 18.2 Å². The van der Waals surface area contributed by atoms with E-state index in [1.54, 1.807) is 12.1 Å². The monoisotopic (exact) mass is 380 g/mol. The summed E-state index contributed by atoms with van der Waals surface area (Å²) in [6.45, 7) is 3.02. The van der Waals surface area contributed by atoms with E-state index in [0.29, 0.717) is 48.3 Å². The van der Waals surface area contributed by atoms with Gasteiger partial charge in [-0.3, -0.25) is 9.59 Å². The zero-order valence-corrected chi connectivity index (χ0v) is 15.6. The third-order valence-electron chi connectivity index (χ3n) is 4.65. The largest absolute Gasteiger partial charge is 0.489 e. The quantitative estimate of drug-likeness (QED) is 0.871. The molecule has 7 heteroatoms.